The highest BCUT2D eigenvalue weighted by Crippen LogP contribution is 2.40. The van der Waals surface area contributed by atoms with Crippen molar-refractivity contribution in [1.29, 1.82) is 0 Å². The molecule has 1 unspecified atom stereocenters. The summed E-state index contributed by atoms with van der Waals surface area (Å²) in [7, 11) is 0. The van der Waals surface area contributed by atoms with Crippen LogP contribution in [0.5, 0.6) is 0 Å². The lowest BCUT2D eigenvalue weighted by atomic mass is 9.89. The lowest BCUT2D eigenvalue weighted by Gasteiger charge is -2.29. The van der Waals surface area contributed by atoms with Crippen molar-refractivity contribution >= 4 is 15.9 Å². The zero-order valence-corrected chi connectivity index (χ0v) is 13.2. The molecule has 0 fully saturated rings. The smallest absolute Gasteiger partial charge is 0.368 e. The summed E-state index contributed by atoms with van der Waals surface area (Å²) in [6, 6.07) is 11.6. The summed E-state index contributed by atoms with van der Waals surface area (Å²) in [5.41, 5.74) is 2.47. The van der Waals surface area contributed by atoms with E-state index in [1.165, 1.54) is 12.1 Å². The van der Waals surface area contributed by atoms with Gasteiger partial charge in [0.15, 0.2) is 0 Å². The predicted molar refractivity (Wildman–Crippen MR) is 82.0 cm³/mol. The predicted octanol–water partition coefficient (Wildman–Crippen LogP) is 5.26. The summed E-state index contributed by atoms with van der Waals surface area (Å²) in [4.78, 5) is 0. The van der Waals surface area contributed by atoms with Crippen molar-refractivity contribution in [2.24, 2.45) is 0 Å². The van der Waals surface area contributed by atoms with Gasteiger partial charge in [-0.05, 0) is 34.7 Å². The molecule has 1 heterocycles. The SMILES string of the molecule is FC(F)(F)c1ccccc1C1OCCc2ccc(CBr)cc21. The monoisotopic (exact) mass is 370 g/mol. The molecule has 0 saturated heterocycles. The summed E-state index contributed by atoms with van der Waals surface area (Å²) >= 11 is 3.39. The first-order valence-electron chi connectivity index (χ1n) is 6.96. The van der Waals surface area contributed by atoms with Crippen molar-refractivity contribution in [3.05, 3.63) is 70.3 Å². The molecular weight excluding hydrogens is 357 g/mol. The van der Waals surface area contributed by atoms with Gasteiger partial charge >= 0.3 is 6.18 Å². The number of hydrogen-bond acceptors (Lipinski definition) is 1. The Morgan fingerprint density at radius 1 is 1.09 bits per heavy atom. The normalized spacial score (nSPS) is 18.1. The second kappa shape index (κ2) is 6.05. The average Bonchev–Trinajstić information content (AvgIpc) is 2.53. The second-order valence-electron chi connectivity index (χ2n) is 5.25. The number of fused-ring (bicyclic) bond motifs is 1. The third-order valence-corrected chi connectivity index (χ3v) is 4.50. The maximum atomic E-state index is 13.3. The van der Waals surface area contributed by atoms with Crippen molar-refractivity contribution in [2.75, 3.05) is 6.61 Å². The number of hydrogen-bond donors (Lipinski definition) is 0. The van der Waals surface area contributed by atoms with E-state index in [0.717, 1.165) is 29.2 Å². The lowest BCUT2D eigenvalue weighted by Crippen LogP contribution is -2.21. The Hall–Kier alpha value is -1.33. The quantitative estimate of drug-likeness (QED) is 0.655. The Morgan fingerprint density at radius 3 is 2.59 bits per heavy atom. The molecule has 116 valence electrons. The van der Waals surface area contributed by atoms with Gasteiger partial charge in [-0.25, -0.2) is 0 Å². The second-order valence-corrected chi connectivity index (χ2v) is 5.81. The number of ether oxygens (including phenoxy) is 1. The van der Waals surface area contributed by atoms with E-state index in [-0.39, 0.29) is 5.56 Å². The molecule has 0 radical (unpaired) electrons. The Labute approximate surface area is 135 Å². The molecule has 2 aromatic rings. The van der Waals surface area contributed by atoms with Crippen LogP contribution in [0.4, 0.5) is 13.2 Å². The van der Waals surface area contributed by atoms with Crippen LogP contribution < -0.4 is 0 Å². The Bertz CT molecular complexity index is 682. The van der Waals surface area contributed by atoms with E-state index >= 15 is 0 Å². The van der Waals surface area contributed by atoms with Crippen LogP contribution in [-0.2, 0) is 22.7 Å². The minimum atomic E-state index is -4.38. The molecule has 0 amide bonds. The maximum absolute atomic E-state index is 13.3. The molecule has 0 spiro atoms. The van der Waals surface area contributed by atoms with Gasteiger partial charge < -0.3 is 4.74 Å². The molecule has 0 bridgehead atoms. The van der Waals surface area contributed by atoms with E-state index in [4.69, 9.17) is 4.74 Å². The largest absolute Gasteiger partial charge is 0.416 e. The summed E-state index contributed by atoms with van der Waals surface area (Å²) < 4.78 is 45.5. The molecule has 1 aliphatic heterocycles. The Kier molecular flexibility index (Phi) is 4.28. The van der Waals surface area contributed by atoms with Crippen LogP contribution >= 0.6 is 15.9 Å². The fourth-order valence-corrected chi connectivity index (χ4v) is 3.17. The Morgan fingerprint density at radius 2 is 1.86 bits per heavy atom. The van der Waals surface area contributed by atoms with Crippen molar-refractivity contribution in [1.82, 2.24) is 0 Å². The van der Waals surface area contributed by atoms with Gasteiger partial charge in [0.25, 0.3) is 0 Å². The fourth-order valence-electron chi connectivity index (χ4n) is 2.82. The third kappa shape index (κ3) is 2.92. The van der Waals surface area contributed by atoms with Crippen LogP contribution in [0.3, 0.4) is 0 Å². The van der Waals surface area contributed by atoms with Gasteiger partial charge in [0.1, 0.15) is 6.10 Å². The third-order valence-electron chi connectivity index (χ3n) is 3.85. The molecule has 2 aromatic carbocycles. The number of alkyl halides is 4. The molecule has 1 aliphatic rings. The van der Waals surface area contributed by atoms with E-state index in [2.05, 4.69) is 15.9 Å². The van der Waals surface area contributed by atoms with Gasteiger partial charge in [-0.2, -0.15) is 13.2 Å². The van der Waals surface area contributed by atoms with Gasteiger partial charge in [0, 0.05) is 5.33 Å². The first kappa shape index (κ1) is 15.6. The highest BCUT2D eigenvalue weighted by molar-refractivity contribution is 9.08. The van der Waals surface area contributed by atoms with Gasteiger partial charge in [-0.1, -0.05) is 52.3 Å². The van der Waals surface area contributed by atoms with Crippen molar-refractivity contribution in [3.63, 3.8) is 0 Å². The van der Waals surface area contributed by atoms with Crippen LogP contribution in [0.1, 0.15) is 33.9 Å². The highest BCUT2D eigenvalue weighted by atomic mass is 79.9. The van der Waals surface area contributed by atoms with Gasteiger partial charge in [-0.3, -0.25) is 0 Å². The molecule has 0 aliphatic carbocycles. The molecule has 1 nitrogen and oxygen atoms in total. The van der Waals surface area contributed by atoms with Crippen LogP contribution in [0.25, 0.3) is 0 Å². The van der Waals surface area contributed by atoms with Crippen LogP contribution in [0.15, 0.2) is 42.5 Å². The zero-order valence-electron chi connectivity index (χ0n) is 11.7. The minimum Gasteiger partial charge on any atom is -0.368 e. The van der Waals surface area contributed by atoms with Crippen LogP contribution in [0.2, 0.25) is 0 Å². The van der Waals surface area contributed by atoms with E-state index < -0.39 is 17.8 Å². The molecule has 0 N–H and O–H groups in total. The summed E-state index contributed by atoms with van der Waals surface area (Å²) in [6.45, 7) is 0.428. The first-order chi connectivity index (χ1) is 10.5. The molecule has 3 rings (SSSR count). The number of halogens is 4. The van der Waals surface area contributed by atoms with E-state index in [1.54, 1.807) is 6.07 Å². The molecule has 22 heavy (non-hydrogen) atoms. The summed E-state index contributed by atoms with van der Waals surface area (Å²) in [5, 5.41) is 0.661. The fraction of sp³-hybridized carbons (Fsp3) is 0.294. The van der Waals surface area contributed by atoms with E-state index in [0.29, 0.717) is 11.9 Å². The molecule has 0 aromatic heterocycles. The Balaban J connectivity index is 2.12. The number of benzene rings is 2. The van der Waals surface area contributed by atoms with Crippen molar-refractivity contribution in [2.45, 2.75) is 24.0 Å². The van der Waals surface area contributed by atoms with Gasteiger partial charge in [0.05, 0.1) is 12.2 Å². The van der Waals surface area contributed by atoms with Crippen molar-refractivity contribution in [3.8, 4) is 0 Å². The molecular formula is C17H14BrF3O. The van der Waals surface area contributed by atoms with E-state index in [1.807, 2.05) is 18.2 Å². The first-order valence-corrected chi connectivity index (χ1v) is 8.08. The zero-order chi connectivity index (χ0) is 15.7. The summed E-state index contributed by atoms with van der Waals surface area (Å²) in [5.74, 6) is 0. The molecule has 5 heteroatoms. The summed E-state index contributed by atoms with van der Waals surface area (Å²) in [6.07, 6.45) is -4.33. The number of rotatable bonds is 2. The average molecular weight is 371 g/mol. The molecule has 1 atom stereocenters. The van der Waals surface area contributed by atoms with Crippen molar-refractivity contribution < 1.29 is 17.9 Å². The van der Waals surface area contributed by atoms with Crippen LogP contribution in [-0.4, -0.2) is 6.61 Å². The van der Waals surface area contributed by atoms with Crippen LogP contribution in [0, 0.1) is 0 Å². The standard InChI is InChI=1S/C17H14BrF3O/c18-10-11-5-6-12-7-8-22-16(14(12)9-11)13-3-1-2-4-15(13)17(19,20)21/h1-6,9,16H,7-8,10H2. The lowest BCUT2D eigenvalue weighted by molar-refractivity contribution is -0.139. The van der Waals surface area contributed by atoms with Gasteiger partial charge in [0.2, 0.25) is 0 Å². The molecule has 0 saturated carbocycles. The van der Waals surface area contributed by atoms with Gasteiger partial charge in [-0.15, -0.1) is 0 Å². The minimum absolute atomic E-state index is 0.183. The van der Waals surface area contributed by atoms with E-state index in [9.17, 15) is 13.2 Å². The highest BCUT2D eigenvalue weighted by Gasteiger charge is 2.36. The maximum Gasteiger partial charge on any atom is 0.416 e. The topological polar surface area (TPSA) is 9.23 Å².